The van der Waals surface area contributed by atoms with Crippen LogP contribution in [0.15, 0.2) is 0 Å². The van der Waals surface area contributed by atoms with Crippen LogP contribution in [0.25, 0.3) is 0 Å². The van der Waals surface area contributed by atoms with Gasteiger partial charge in [-0.15, -0.1) is 0 Å². The van der Waals surface area contributed by atoms with Gasteiger partial charge < -0.3 is 5.23 Å². The molecule has 1 rings (SSSR count). The van der Waals surface area contributed by atoms with Crippen LogP contribution >= 0.6 is 0 Å². The van der Waals surface area contributed by atoms with Crippen molar-refractivity contribution < 1.29 is 0 Å². The minimum atomic E-state index is 0.796. The van der Waals surface area contributed by atoms with Crippen molar-refractivity contribution in [3.63, 3.8) is 0 Å². The molecule has 0 amide bonds. The average Bonchev–Trinajstić information content (AvgIpc) is 1.86. The van der Waals surface area contributed by atoms with Crippen LogP contribution in [0.1, 0.15) is 13.3 Å². The van der Waals surface area contributed by atoms with E-state index in [1.807, 2.05) is 0 Å². The molecule has 1 nitrogen and oxygen atoms in total. The summed E-state index contributed by atoms with van der Waals surface area (Å²) in [6.45, 7) is 2.23. The lowest BCUT2D eigenvalue weighted by atomic mass is 9.94. The second kappa shape index (κ2) is 1.65. The Morgan fingerprint density at radius 2 is 2.67 bits per heavy atom. The van der Waals surface area contributed by atoms with E-state index in [1.54, 1.807) is 0 Å². The quantitative estimate of drug-likeness (QED) is 0.410. The third-order valence-electron chi connectivity index (χ3n) is 1.31. The van der Waals surface area contributed by atoms with Crippen LogP contribution in [-0.4, -0.2) is 13.5 Å². The summed E-state index contributed by atoms with van der Waals surface area (Å²) in [6.07, 6.45) is 2.75. The maximum atomic E-state index is 3.32. The molecule has 1 fully saturated rings. The first-order valence-electron chi connectivity index (χ1n) is 2.63. The number of hydrogen-bond donors (Lipinski definition) is 1. The summed E-state index contributed by atoms with van der Waals surface area (Å²) in [4.78, 5) is 0. The molecule has 1 N–H and O–H groups in total. The average molecular weight is 82.9 g/mol. The van der Waals surface area contributed by atoms with E-state index in [4.69, 9.17) is 0 Å². The first-order chi connectivity index (χ1) is 2.89. The zero-order valence-corrected chi connectivity index (χ0v) is 4.20. The molecule has 0 saturated carbocycles. The second-order valence-electron chi connectivity index (χ2n) is 2.00. The predicted molar refractivity (Wildman–Crippen MR) is 29.2 cm³/mol. The van der Waals surface area contributed by atoms with Crippen LogP contribution in [0.3, 0.4) is 0 Å². The van der Waals surface area contributed by atoms with Crippen molar-refractivity contribution >= 4 is 7.41 Å². The Kier molecular flexibility index (Phi) is 1.15. The number of rotatable bonds is 0. The summed E-state index contributed by atoms with van der Waals surface area (Å²) in [5.74, 6) is 0. The first-order valence-corrected chi connectivity index (χ1v) is 2.63. The SMILES string of the molecule is CC1CCBN1. The summed E-state index contributed by atoms with van der Waals surface area (Å²) in [6, 6.07) is 0.796. The lowest BCUT2D eigenvalue weighted by Gasteiger charge is -1.95. The maximum absolute atomic E-state index is 3.32. The Labute approximate surface area is 39.4 Å². The Balaban J connectivity index is 2.18. The summed E-state index contributed by atoms with van der Waals surface area (Å²) in [5.41, 5.74) is 0. The van der Waals surface area contributed by atoms with Crippen molar-refractivity contribution in [1.29, 1.82) is 0 Å². The van der Waals surface area contributed by atoms with Gasteiger partial charge >= 0.3 is 0 Å². The zero-order valence-electron chi connectivity index (χ0n) is 4.20. The molecule has 0 spiro atoms. The van der Waals surface area contributed by atoms with Crippen LogP contribution in [0, 0.1) is 0 Å². The fourth-order valence-corrected chi connectivity index (χ4v) is 0.859. The topological polar surface area (TPSA) is 12.0 Å². The van der Waals surface area contributed by atoms with Gasteiger partial charge in [-0.1, -0.05) is 13.2 Å². The summed E-state index contributed by atoms with van der Waals surface area (Å²) < 4.78 is 0. The van der Waals surface area contributed by atoms with Crippen LogP contribution in [0.5, 0.6) is 0 Å². The Bertz CT molecular complexity index is 40.8. The molecule has 1 atom stereocenters. The van der Waals surface area contributed by atoms with Crippen LogP contribution < -0.4 is 5.23 Å². The van der Waals surface area contributed by atoms with E-state index in [0.717, 1.165) is 6.04 Å². The second-order valence-corrected chi connectivity index (χ2v) is 2.00. The standard InChI is InChI=1S/C4H10BN/c1-4-2-3-5-6-4/h4-6H,2-3H2,1H3. The highest BCUT2D eigenvalue weighted by molar-refractivity contribution is 6.33. The Hall–Kier alpha value is 0.0249. The molecule has 1 saturated heterocycles. The lowest BCUT2D eigenvalue weighted by Crippen LogP contribution is -2.18. The third kappa shape index (κ3) is 0.746. The summed E-state index contributed by atoms with van der Waals surface area (Å²) >= 11 is 0. The number of nitrogens with one attached hydrogen (secondary N) is 1. The van der Waals surface area contributed by atoms with Crippen molar-refractivity contribution in [1.82, 2.24) is 5.23 Å². The molecular formula is C4H10BN. The Morgan fingerprint density at radius 3 is 2.83 bits per heavy atom. The number of hydrogen-bond acceptors (Lipinski definition) is 1. The van der Waals surface area contributed by atoms with Crippen molar-refractivity contribution in [2.75, 3.05) is 0 Å². The fraction of sp³-hybridized carbons (Fsp3) is 1.00. The molecule has 0 aromatic carbocycles. The van der Waals surface area contributed by atoms with Gasteiger partial charge in [0.05, 0.1) is 0 Å². The van der Waals surface area contributed by atoms with E-state index in [2.05, 4.69) is 12.2 Å². The van der Waals surface area contributed by atoms with Crippen LogP contribution in [0.2, 0.25) is 6.32 Å². The molecule has 2 heteroatoms. The third-order valence-corrected chi connectivity index (χ3v) is 1.31. The molecule has 6 heavy (non-hydrogen) atoms. The van der Waals surface area contributed by atoms with Crippen LogP contribution in [0.4, 0.5) is 0 Å². The first kappa shape index (κ1) is 4.19. The van der Waals surface area contributed by atoms with E-state index in [1.165, 1.54) is 20.2 Å². The van der Waals surface area contributed by atoms with E-state index in [-0.39, 0.29) is 0 Å². The van der Waals surface area contributed by atoms with Crippen molar-refractivity contribution in [2.24, 2.45) is 0 Å². The van der Waals surface area contributed by atoms with Gasteiger partial charge in [-0.05, 0) is 12.5 Å². The smallest absolute Gasteiger partial charge is 0.201 e. The van der Waals surface area contributed by atoms with Gasteiger partial charge in [-0.25, -0.2) is 0 Å². The van der Waals surface area contributed by atoms with Gasteiger partial charge in [-0.2, -0.15) is 0 Å². The highest BCUT2D eigenvalue weighted by atomic mass is 14.8. The molecule has 0 aromatic rings. The van der Waals surface area contributed by atoms with Crippen molar-refractivity contribution in [3.05, 3.63) is 0 Å². The van der Waals surface area contributed by atoms with E-state index >= 15 is 0 Å². The molecule has 0 bridgehead atoms. The Morgan fingerprint density at radius 1 is 1.83 bits per heavy atom. The molecule has 34 valence electrons. The van der Waals surface area contributed by atoms with Gasteiger partial charge in [0.25, 0.3) is 0 Å². The minimum absolute atomic E-state index is 0.796. The molecule has 0 aliphatic carbocycles. The van der Waals surface area contributed by atoms with Gasteiger partial charge in [-0.3, -0.25) is 0 Å². The van der Waals surface area contributed by atoms with E-state index < -0.39 is 0 Å². The normalized spacial score (nSPS) is 33.2. The predicted octanol–water partition coefficient (Wildman–Crippen LogP) is 0.138. The molecular weight excluding hydrogens is 72.9 g/mol. The fourth-order valence-electron chi connectivity index (χ4n) is 0.859. The molecule has 1 aliphatic rings. The summed E-state index contributed by atoms with van der Waals surface area (Å²) in [5, 5.41) is 3.32. The molecule has 1 aliphatic heterocycles. The van der Waals surface area contributed by atoms with E-state index in [0.29, 0.717) is 0 Å². The summed E-state index contributed by atoms with van der Waals surface area (Å²) in [7, 11) is 1.24. The molecule has 0 aromatic heterocycles. The van der Waals surface area contributed by atoms with Crippen molar-refractivity contribution in [2.45, 2.75) is 25.7 Å². The molecule has 0 radical (unpaired) electrons. The molecule has 1 heterocycles. The highest BCUT2D eigenvalue weighted by Gasteiger charge is 2.07. The zero-order chi connectivity index (χ0) is 4.41. The van der Waals surface area contributed by atoms with Gasteiger partial charge in [0.2, 0.25) is 7.41 Å². The van der Waals surface area contributed by atoms with Crippen molar-refractivity contribution in [3.8, 4) is 0 Å². The molecule has 1 unspecified atom stereocenters. The maximum Gasteiger partial charge on any atom is 0.201 e. The van der Waals surface area contributed by atoms with Gasteiger partial charge in [0.1, 0.15) is 0 Å². The monoisotopic (exact) mass is 83.1 g/mol. The highest BCUT2D eigenvalue weighted by Crippen LogP contribution is 2.00. The van der Waals surface area contributed by atoms with E-state index in [9.17, 15) is 0 Å². The minimum Gasteiger partial charge on any atom is -0.356 e. The largest absolute Gasteiger partial charge is 0.356 e. The lowest BCUT2D eigenvalue weighted by molar-refractivity contribution is 0.703. The van der Waals surface area contributed by atoms with Crippen LogP contribution in [-0.2, 0) is 0 Å². The van der Waals surface area contributed by atoms with Gasteiger partial charge in [0.15, 0.2) is 0 Å². The van der Waals surface area contributed by atoms with Gasteiger partial charge in [0, 0.05) is 0 Å².